The average Bonchev–Trinajstić information content (AvgIpc) is 2.60. The summed E-state index contributed by atoms with van der Waals surface area (Å²) in [6.45, 7) is 0.0268. The molecule has 0 fully saturated rings. The Hall–Kier alpha value is -2.68. The summed E-state index contributed by atoms with van der Waals surface area (Å²) in [5.41, 5.74) is 6.98. The van der Waals surface area contributed by atoms with Crippen LogP contribution >= 0.6 is 12.4 Å². The SMILES string of the molecule is Cl.Nc1cccc2c(S(=O)(=O)NCc3ccc([N+](=O)[O-])cc3)cccc12. The van der Waals surface area contributed by atoms with Gasteiger partial charge in [-0.15, -0.1) is 12.4 Å². The van der Waals surface area contributed by atoms with E-state index in [0.717, 1.165) is 0 Å². The van der Waals surface area contributed by atoms with Crippen molar-refractivity contribution in [3.05, 3.63) is 76.3 Å². The molecule has 136 valence electrons. The van der Waals surface area contributed by atoms with Crippen molar-refractivity contribution in [2.75, 3.05) is 5.73 Å². The minimum atomic E-state index is -3.77. The van der Waals surface area contributed by atoms with Gasteiger partial charge in [-0.05, 0) is 17.7 Å². The number of nitro benzene ring substituents is 1. The van der Waals surface area contributed by atoms with Crippen LogP contribution in [-0.4, -0.2) is 13.3 Å². The Labute approximate surface area is 156 Å². The smallest absolute Gasteiger partial charge is 0.269 e. The summed E-state index contributed by atoms with van der Waals surface area (Å²) in [5.74, 6) is 0. The van der Waals surface area contributed by atoms with Gasteiger partial charge >= 0.3 is 0 Å². The molecule has 0 spiro atoms. The first-order chi connectivity index (χ1) is 11.9. The molecule has 3 N–H and O–H groups in total. The molecule has 3 rings (SSSR count). The maximum absolute atomic E-state index is 12.6. The van der Waals surface area contributed by atoms with E-state index in [-0.39, 0.29) is 29.5 Å². The molecule has 0 aromatic heterocycles. The molecule has 0 radical (unpaired) electrons. The second kappa shape index (κ2) is 7.69. The van der Waals surface area contributed by atoms with Crippen LogP contribution in [0.4, 0.5) is 11.4 Å². The van der Waals surface area contributed by atoms with Gasteiger partial charge in [0.1, 0.15) is 0 Å². The van der Waals surface area contributed by atoms with E-state index in [4.69, 9.17) is 5.73 Å². The van der Waals surface area contributed by atoms with E-state index in [9.17, 15) is 18.5 Å². The number of benzene rings is 3. The summed E-state index contributed by atoms with van der Waals surface area (Å²) < 4.78 is 27.8. The molecular weight excluding hydrogens is 378 g/mol. The van der Waals surface area contributed by atoms with Crippen molar-refractivity contribution in [3.8, 4) is 0 Å². The van der Waals surface area contributed by atoms with Crippen molar-refractivity contribution >= 4 is 44.6 Å². The van der Waals surface area contributed by atoms with Gasteiger partial charge in [0, 0.05) is 35.1 Å². The van der Waals surface area contributed by atoms with Crippen LogP contribution in [0.5, 0.6) is 0 Å². The molecule has 0 aliphatic heterocycles. The maximum atomic E-state index is 12.6. The summed E-state index contributed by atoms with van der Waals surface area (Å²) in [6.07, 6.45) is 0. The third-order valence-electron chi connectivity index (χ3n) is 3.82. The minimum Gasteiger partial charge on any atom is -0.398 e. The highest BCUT2D eigenvalue weighted by Crippen LogP contribution is 2.27. The van der Waals surface area contributed by atoms with E-state index in [2.05, 4.69) is 4.72 Å². The van der Waals surface area contributed by atoms with Crippen molar-refractivity contribution in [1.82, 2.24) is 4.72 Å². The highest BCUT2D eigenvalue weighted by molar-refractivity contribution is 7.89. The van der Waals surface area contributed by atoms with E-state index in [0.29, 0.717) is 22.0 Å². The number of fused-ring (bicyclic) bond motifs is 1. The van der Waals surface area contributed by atoms with Gasteiger partial charge in [-0.3, -0.25) is 10.1 Å². The lowest BCUT2D eigenvalue weighted by Crippen LogP contribution is -2.23. The summed E-state index contributed by atoms with van der Waals surface area (Å²) in [5, 5.41) is 11.9. The molecule has 0 aliphatic rings. The molecule has 0 saturated carbocycles. The van der Waals surface area contributed by atoms with E-state index in [1.54, 1.807) is 30.3 Å². The Morgan fingerprint density at radius 3 is 2.23 bits per heavy atom. The lowest BCUT2D eigenvalue weighted by Gasteiger charge is -2.10. The topological polar surface area (TPSA) is 115 Å². The van der Waals surface area contributed by atoms with Gasteiger partial charge in [-0.2, -0.15) is 0 Å². The Morgan fingerprint density at radius 2 is 1.58 bits per heavy atom. The normalized spacial score (nSPS) is 11.1. The molecule has 0 heterocycles. The maximum Gasteiger partial charge on any atom is 0.269 e. The summed E-state index contributed by atoms with van der Waals surface area (Å²) in [7, 11) is -3.77. The first-order valence-corrected chi connectivity index (χ1v) is 8.87. The van der Waals surface area contributed by atoms with Crippen molar-refractivity contribution in [2.45, 2.75) is 11.4 Å². The van der Waals surface area contributed by atoms with Crippen LogP contribution in [0, 0.1) is 10.1 Å². The van der Waals surface area contributed by atoms with Crippen LogP contribution in [0.3, 0.4) is 0 Å². The molecule has 0 bridgehead atoms. The number of non-ortho nitro benzene ring substituents is 1. The Kier molecular flexibility index (Phi) is 5.81. The Morgan fingerprint density at radius 1 is 0.962 bits per heavy atom. The molecule has 0 saturated heterocycles. The quantitative estimate of drug-likeness (QED) is 0.392. The highest BCUT2D eigenvalue weighted by atomic mass is 35.5. The molecule has 9 heteroatoms. The van der Waals surface area contributed by atoms with Crippen molar-refractivity contribution in [1.29, 1.82) is 0 Å². The van der Waals surface area contributed by atoms with Crippen LogP contribution in [-0.2, 0) is 16.6 Å². The van der Waals surface area contributed by atoms with Gasteiger partial charge in [0.2, 0.25) is 10.0 Å². The first kappa shape index (κ1) is 19.6. The third kappa shape index (κ3) is 3.93. The fraction of sp³-hybridized carbons (Fsp3) is 0.0588. The van der Waals surface area contributed by atoms with E-state index in [1.165, 1.54) is 30.3 Å². The van der Waals surface area contributed by atoms with Crippen LogP contribution < -0.4 is 10.5 Å². The van der Waals surface area contributed by atoms with E-state index in [1.807, 2.05) is 0 Å². The number of anilines is 1. The Balaban J connectivity index is 0.00000243. The number of nitro groups is 1. The molecular formula is C17H16ClN3O4S. The second-order valence-electron chi connectivity index (χ2n) is 5.45. The summed E-state index contributed by atoms with van der Waals surface area (Å²) in [4.78, 5) is 10.3. The zero-order valence-electron chi connectivity index (χ0n) is 13.5. The summed E-state index contributed by atoms with van der Waals surface area (Å²) >= 11 is 0. The molecule has 0 atom stereocenters. The third-order valence-corrected chi connectivity index (χ3v) is 5.28. The predicted octanol–water partition coefficient (Wildman–Crippen LogP) is 3.23. The van der Waals surface area contributed by atoms with Gasteiger partial charge in [0.05, 0.1) is 9.82 Å². The number of nitrogen functional groups attached to an aromatic ring is 1. The fourth-order valence-corrected chi connectivity index (χ4v) is 3.77. The van der Waals surface area contributed by atoms with Crippen LogP contribution in [0.2, 0.25) is 0 Å². The molecule has 0 unspecified atom stereocenters. The number of hydrogen-bond acceptors (Lipinski definition) is 5. The highest BCUT2D eigenvalue weighted by Gasteiger charge is 2.17. The zero-order valence-corrected chi connectivity index (χ0v) is 15.1. The van der Waals surface area contributed by atoms with Gasteiger partial charge in [-0.25, -0.2) is 13.1 Å². The lowest BCUT2D eigenvalue weighted by molar-refractivity contribution is -0.384. The number of sulfonamides is 1. The summed E-state index contributed by atoms with van der Waals surface area (Å²) in [6, 6.07) is 15.7. The molecule has 0 aliphatic carbocycles. The fourth-order valence-electron chi connectivity index (χ4n) is 2.53. The Bertz CT molecular complexity index is 1050. The largest absolute Gasteiger partial charge is 0.398 e. The van der Waals surface area contributed by atoms with Gasteiger partial charge in [0.15, 0.2) is 0 Å². The van der Waals surface area contributed by atoms with Gasteiger partial charge in [-0.1, -0.05) is 36.4 Å². The standard InChI is InChI=1S/C17H15N3O4S.ClH/c18-16-5-1-4-15-14(16)3-2-6-17(15)25(23,24)19-11-12-7-9-13(10-8-12)20(21)22;/h1-10,19H,11,18H2;1H. The molecule has 26 heavy (non-hydrogen) atoms. The van der Waals surface area contributed by atoms with Crippen LogP contribution in [0.1, 0.15) is 5.56 Å². The van der Waals surface area contributed by atoms with Gasteiger partial charge in [0.25, 0.3) is 5.69 Å². The average molecular weight is 394 g/mol. The van der Waals surface area contributed by atoms with Crippen LogP contribution in [0.15, 0.2) is 65.6 Å². The lowest BCUT2D eigenvalue weighted by atomic mass is 10.1. The predicted molar refractivity (Wildman–Crippen MR) is 103 cm³/mol. The number of rotatable bonds is 5. The molecule has 3 aromatic rings. The van der Waals surface area contributed by atoms with Gasteiger partial charge < -0.3 is 5.73 Å². The monoisotopic (exact) mass is 393 g/mol. The van der Waals surface area contributed by atoms with Crippen molar-refractivity contribution in [3.63, 3.8) is 0 Å². The molecule has 7 nitrogen and oxygen atoms in total. The molecule has 0 amide bonds. The van der Waals surface area contributed by atoms with E-state index >= 15 is 0 Å². The number of nitrogens with two attached hydrogens (primary N) is 1. The van der Waals surface area contributed by atoms with Crippen LogP contribution in [0.25, 0.3) is 10.8 Å². The number of hydrogen-bond donors (Lipinski definition) is 2. The first-order valence-electron chi connectivity index (χ1n) is 7.39. The molecule has 3 aromatic carbocycles. The minimum absolute atomic E-state index is 0. The number of halogens is 1. The zero-order chi connectivity index (χ0) is 18.0. The van der Waals surface area contributed by atoms with E-state index < -0.39 is 14.9 Å². The van der Waals surface area contributed by atoms with Crippen molar-refractivity contribution in [2.24, 2.45) is 0 Å². The number of nitrogens with zero attached hydrogens (tertiary/aromatic N) is 1. The van der Waals surface area contributed by atoms with Crippen molar-refractivity contribution < 1.29 is 13.3 Å². The second-order valence-corrected chi connectivity index (χ2v) is 7.18. The number of nitrogens with one attached hydrogen (secondary N) is 1.